The summed E-state index contributed by atoms with van der Waals surface area (Å²) in [5.41, 5.74) is 7.95. The fourth-order valence-electron chi connectivity index (χ4n) is 2.63. The number of nitrogen functional groups attached to an aromatic ring is 1. The molecule has 0 aliphatic carbocycles. The summed E-state index contributed by atoms with van der Waals surface area (Å²) in [5.74, 6) is 1.34. The lowest BCUT2D eigenvalue weighted by atomic mass is 10.1. The van der Waals surface area contributed by atoms with Crippen LogP contribution in [0.15, 0.2) is 18.2 Å². The van der Waals surface area contributed by atoms with Crippen molar-refractivity contribution in [2.75, 3.05) is 19.5 Å². The van der Waals surface area contributed by atoms with Crippen molar-refractivity contribution in [3.05, 3.63) is 18.2 Å². The number of aromatic nitrogens is 2. The minimum absolute atomic E-state index is 0.173. The monoisotopic (exact) mass is 247 g/mol. The summed E-state index contributed by atoms with van der Waals surface area (Å²) in [4.78, 5) is 4.41. The van der Waals surface area contributed by atoms with Crippen molar-refractivity contribution in [1.82, 2.24) is 9.55 Å². The molecule has 1 aliphatic heterocycles. The van der Waals surface area contributed by atoms with E-state index >= 15 is 0 Å². The third-order valence-electron chi connectivity index (χ3n) is 3.59. The summed E-state index contributed by atoms with van der Waals surface area (Å²) in [6, 6.07) is 6.11. The van der Waals surface area contributed by atoms with Gasteiger partial charge in [-0.25, -0.2) is 4.98 Å². The van der Waals surface area contributed by atoms with Crippen LogP contribution in [-0.2, 0) is 4.74 Å². The standard InChI is InChI=1S/C13H17N3O2/c1-8-11(5-6-18-8)16-12-4-3-9(17-2)7-10(12)15-13(16)14/h3-4,7-8,11H,5-6H2,1-2H3,(H2,14,15). The van der Waals surface area contributed by atoms with Crippen LogP contribution in [0.25, 0.3) is 11.0 Å². The highest BCUT2D eigenvalue weighted by Gasteiger charge is 2.28. The molecular weight excluding hydrogens is 230 g/mol. The third-order valence-corrected chi connectivity index (χ3v) is 3.59. The zero-order chi connectivity index (χ0) is 12.7. The van der Waals surface area contributed by atoms with Crippen molar-refractivity contribution in [3.63, 3.8) is 0 Å². The maximum absolute atomic E-state index is 6.04. The van der Waals surface area contributed by atoms with Gasteiger partial charge in [0.05, 0.1) is 30.3 Å². The van der Waals surface area contributed by atoms with Crippen molar-refractivity contribution in [2.45, 2.75) is 25.5 Å². The van der Waals surface area contributed by atoms with Gasteiger partial charge in [0.1, 0.15) is 5.75 Å². The van der Waals surface area contributed by atoms with Crippen LogP contribution in [0.4, 0.5) is 5.95 Å². The fourth-order valence-corrected chi connectivity index (χ4v) is 2.63. The van der Waals surface area contributed by atoms with Crippen LogP contribution in [0.3, 0.4) is 0 Å². The molecule has 1 aromatic heterocycles. The summed E-state index contributed by atoms with van der Waals surface area (Å²) in [6.07, 6.45) is 1.15. The molecular formula is C13H17N3O2. The molecule has 0 spiro atoms. The highest BCUT2D eigenvalue weighted by atomic mass is 16.5. The molecule has 96 valence electrons. The molecule has 5 nitrogen and oxygen atoms in total. The fraction of sp³-hybridized carbons (Fsp3) is 0.462. The Morgan fingerprint density at radius 3 is 3.00 bits per heavy atom. The lowest BCUT2D eigenvalue weighted by Crippen LogP contribution is -2.18. The van der Waals surface area contributed by atoms with Crippen molar-refractivity contribution >= 4 is 17.0 Å². The van der Waals surface area contributed by atoms with Crippen LogP contribution in [0, 0.1) is 0 Å². The van der Waals surface area contributed by atoms with Gasteiger partial charge in [0.15, 0.2) is 0 Å². The summed E-state index contributed by atoms with van der Waals surface area (Å²) in [7, 11) is 1.65. The SMILES string of the molecule is COc1ccc2c(c1)nc(N)n2C1CCOC1C. The van der Waals surface area contributed by atoms with Gasteiger partial charge in [-0.05, 0) is 25.5 Å². The number of nitrogens with two attached hydrogens (primary N) is 1. The van der Waals surface area contributed by atoms with Crippen LogP contribution < -0.4 is 10.5 Å². The number of anilines is 1. The van der Waals surface area contributed by atoms with Gasteiger partial charge in [-0.15, -0.1) is 0 Å². The Bertz CT molecular complexity index is 579. The van der Waals surface area contributed by atoms with E-state index in [2.05, 4.69) is 16.5 Å². The molecule has 1 fully saturated rings. The van der Waals surface area contributed by atoms with Gasteiger partial charge in [-0.2, -0.15) is 0 Å². The van der Waals surface area contributed by atoms with E-state index in [4.69, 9.17) is 15.2 Å². The molecule has 2 unspecified atom stereocenters. The van der Waals surface area contributed by atoms with Gasteiger partial charge in [0.2, 0.25) is 5.95 Å². The van der Waals surface area contributed by atoms with Crippen LogP contribution in [0.5, 0.6) is 5.75 Å². The van der Waals surface area contributed by atoms with Crippen LogP contribution in [0.1, 0.15) is 19.4 Å². The first-order chi connectivity index (χ1) is 8.70. The van der Waals surface area contributed by atoms with Gasteiger partial charge in [-0.3, -0.25) is 0 Å². The summed E-state index contributed by atoms with van der Waals surface area (Å²) >= 11 is 0. The number of hydrogen-bond donors (Lipinski definition) is 1. The summed E-state index contributed by atoms with van der Waals surface area (Å²) < 4.78 is 12.9. The Kier molecular flexibility index (Phi) is 2.63. The molecule has 2 aromatic rings. The normalized spacial score (nSPS) is 23.7. The first kappa shape index (κ1) is 11.3. The topological polar surface area (TPSA) is 62.3 Å². The number of benzene rings is 1. The maximum atomic E-state index is 6.04. The number of nitrogens with zero attached hydrogens (tertiary/aromatic N) is 2. The Labute approximate surface area is 106 Å². The van der Waals surface area contributed by atoms with Crippen molar-refractivity contribution in [3.8, 4) is 5.75 Å². The van der Waals surface area contributed by atoms with E-state index in [0.29, 0.717) is 5.95 Å². The molecule has 0 bridgehead atoms. The van der Waals surface area contributed by atoms with Crippen LogP contribution in [0.2, 0.25) is 0 Å². The van der Waals surface area contributed by atoms with E-state index in [1.54, 1.807) is 7.11 Å². The van der Waals surface area contributed by atoms with E-state index in [-0.39, 0.29) is 12.1 Å². The highest BCUT2D eigenvalue weighted by molar-refractivity contribution is 5.80. The maximum Gasteiger partial charge on any atom is 0.201 e. The second-order valence-corrected chi connectivity index (χ2v) is 4.63. The van der Waals surface area contributed by atoms with Crippen LogP contribution in [-0.4, -0.2) is 29.4 Å². The number of methoxy groups -OCH3 is 1. The largest absolute Gasteiger partial charge is 0.497 e. The zero-order valence-electron chi connectivity index (χ0n) is 10.6. The first-order valence-electron chi connectivity index (χ1n) is 6.14. The number of hydrogen-bond acceptors (Lipinski definition) is 4. The van der Waals surface area contributed by atoms with Crippen molar-refractivity contribution < 1.29 is 9.47 Å². The Morgan fingerprint density at radius 2 is 2.33 bits per heavy atom. The Hall–Kier alpha value is -1.75. The van der Waals surface area contributed by atoms with Gasteiger partial charge in [-0.1, -0.05) is 0 Å². The molecule has 1 aromatic carbocycles. The molecule has 18 heavy (non-hydrogen) atoms. The van der Waals surface area contributed by atoms with E-state index in [1.807, 2.05) is 18.2 Å². The molecule has 0 amide bonds. The van der Waals surface area contributed by atoms with E-state index in [1.165, 1.54) is 0 Å². The van der Waals surface area contributed by atoms with Gasteiger partial charge in [0, 0.05) is 12.7 Å². The molecule has 2 atom stereocenters. The van der Waals surface area contributed by atoms with Gasteiger partial charge in [0.25, 0.3) is 0 Å². The molecule has 2 N–H and O–H groups in total. The zero-order valence-corrected chi connectivity index (χ0v) is 10.6. The van der Waals surface area contributed by atoms with E-state index in [0.717, 1.165) is 29.8 Å². The molecule has 1 saturated heterocycles. The molecule has 5 heteroatoms. The Morgan fingerprint density at radius 1 is 1.50 bits per heavy atom. The average Bonchev–Trinajstić information content (AvgIpc) is 2.90. The molecule has 0 saturated carbocycles. The second-order valence-electron chi connectivity index (χ2n) is 4.63. The summed E-state index contributed by atoms with van der Waals surface area (Å²) in [6.45, 7) is 2.85. The number of fused-ring (bicyclic) bond motifs is 1. The molecule has 3 rings (SSSR count). The minimum Gasteiger partial charge on any atom is -0.497 e. The lowest BCUT2D eigenvalue weighted by Gasteiger charge is -2.18. The van der Waals surface area contributed by atoms with E-state index in [9.17, 15) is 0 Å². The second kappa shape index (κ2) is 4.17. The Balaban J connectivity index is 2.14. The number of imidazole rings is 1. The van der Waals surface area contributed by atoms with Crippen LogP contribution >= 0.6 is 0 Å². The van der Waals surface area contributed by atoms with Crippen molar-refractivity contribution in [1.29, 1.82) is 0 Å². The molecule has 2 heterocycles. The molecule has 1 aliphatic rings. The predicted octanol–water partition coefficient (Wildman–Crippen LogP) is 1.98. The minimum atomic E-state index is 0.173. The number of ether oxygens (including phenoxy) is 2. The third kappa shape index (κ3) is 1.62. The molecule has 0 radical (unpaired) electrons. The van der Waals surface area contributed by atoms with Crippen molar-refractivity contribution in [2.24, 2.45) is 0 Å². The highest BCUT2D eigenvalue weighted by Crippen LogP contribution is 2.33. The van der Waals surface area contributed by atoms with Gasteiger partial charge < -0.3 is 19.8 Å². The number of rotatable bonds is 2. The predicted molar refractivity (Wildman–Crippen MR) is 69.8 cm³/mol. The smallest absolute Gasteiger partial charge is 0.201 e. The van der Waals surface area contributed by atoms with Gasteiger partial charge >= 0.3 is 0 Å². The quantitative estimate of drug-likeness (QED) is 0.881. The lowest BCUT2D eigenvalue weighted by molar-refractivity contribution is 0.109. The summed E-state index contributed by atoms with van der Waals surface area (Å²) in [5, 5.41) is 0. The first-order valence-corrected chi connectivity index (χ1v) is 6.14. The van der Waals surface area contributed by atoms with E-state index < -0.39 is 0 Å². The average molecular weight is 247 g/mol.